The van der Waals surface area contributed by atoms with Crippen molar-refractivity contribution in [1.29, 1.82) is 0 Å². The molecule has 3 atom stereocenters. The highest BCUT2D eigenvalue weighted by atomic mass is 16.6. The highest BCUT2D eigenvalue weighted by Gasteiger charge is 2.48. The van der Waals surface area contributed by atoms with Crippen molar-refractivity contribution in [1.82, 2.24) is 10.2 Å². The van der Waals surface area contributed by atoms with Crippen LogP contribution in [0.5, 0.6) is 0 Å². The molecular formula is C16H16N4O5. The number of nitro groups is 1. The molecule has 0 radical (unpaired) electrons. The maximum Gasteiger partial charge on any atom is 0.270 e. The summed E-state index contributed by atoms with van der Waals surface area (Å²) in [5.41, 5.74) is 0.307. The second-order valence-electron chi connectivity index (χ2n) is 5.97. The SMILES string of the molecule is CC1C(=O)C2NC(/C(O)=C/c3cccc([N+](=O)[O-])c3)=NC2N(C)C1=O. The second-order valence-corrected chi connectivity index (χ2v) is 5.97. The number of non-ortho nitro benzene ring substituents is 1. The average molecular weight is 344 g/mol. The lowest BCUT2D eigenvalue weighted by Gasteiger charge is -2.34. The quantitative estimate of drug-likeness (QED) is 0.363. The molecule has 130 valence electrons. The zero-order chi connectivity index (χ0) is 18.3. The Morgan fingerprint density at radius 1 is 1.44 bits per heavy atom. The van der Waals surface area contributed by atoms with Gasteiger partial charge >= 0.3 is 0 Å². The van der Waals surface area contributed by atoms with Gasteiger partial charge in [0.15, 0.2) is 23.5 Å². The predicted octanol–water partition coefficient (Wildman–Crippen LogP) is 0.867. The average Bonchev–Trinajstić information content (AvgIpc) is 3.04. The standard InChI is InChI=1S/C16H16N4O5/c1-8-13(22)12-15(19(2)16(8)23)18-14(17-12)11(21)7-9-4-3-5-10(6-9)20(24)25/h3-8,12,15,21H,1-2H3,(H,17,18)/b11-7-. The Kier molecular flexibility index (Phi) is 3.99. The number of hydrogen-bond acceptors (Lipinski definition) is 7. The van der Waals surface area contributed by atoms with Crippen molar-refractivity contribution in [3.8, 4) is 0 Å². The van der Waals surface area contributed by atoms with Crippen molar-refractivity contribution in [3.05, 3.63) is 45.7 Å². The summed E-state index contributed by atoms with van der Waals surface area (Å²) in [5.74, 6) is -1.56. The van der Waals surface area contributed by atoms with Crippen LogP contribution < -0.4 is 5.32 Å². The second kappa shape index (κ2) is 6.00. The lowest BCUT2D eigenvalue weighted by molar-refractivity contribution is -0.384. The topological polar surface area (TPSA) is 125 Å². The van der Waals surface area contributed by atoms with Crippen LogP contribution in [0, 0.1) is 16.0 Å². The molecule has 2 aliphatic heterocycles. The van der Waals surface area contributed by atoms with Gasteiger partial charge in [0.05, 0.1) is 10.8 Å². The van der Waals surface area contributed by atoms with Crippen molar-refractivity contribution >= 4 is 29.3 Å². The van der Waals surface area contributed by atoms with E-state index in [1.807, 2.05) is 0 Å². The number of Topliss-reactive ketones (excluding diaryl/α,β-unsaturated/α-hetero) is 1. The monoisotopic (exact) mass is 344 g/mol. The molecule has 0 saturated carbocycles. The Morgan fingerprint density at radius 2 is 2.16 bits per heavy atom. The van der Waals surface area contributed by atoms with E-state index in [1.165, 1.54) is 36.1 Å². The van der Waals surface area contributed by atoms with Crippen LogP contribution in [0.3, 0.4) is 0 Å². The summed E-state index contributed by atoms with van der Waals surface area (Å²) in [7, 11) is 1.55. The number of likely N-dealkylation sites (N-methyl/N-ethyl adjacent to an activating group) is 1. The first-order valence-electron chi connectivity index (χ1n) is 7.60. The van der Waals surface area contributed by atoms with Crippen LogP contribution in [0.2, 0.25) is 0 Å². The number of nitro benzene ring substituents is 1. The van der Waals surface area contributed by atoms with Crippen molar-refractivity contribution in [2.45, 2.75) is 19.1 Å². The first-order chi connectivity index (χ1) is 11.8. The van der Waals surface area contributed by atoms with Crippen molar-refractivity contribution in [3.63, 3.8) is 0 Å². The third kappa shape index (κ3) is 2.84. The summed E-state index contributed by atoms with van der Waals surface area (Å²) in [5, 5.41) is 23.9. The number of benzene rings is 1. The highest BCUT2D eigenvalue weighted by Crippen LogP contribution is 2.25. The normalized spacial score (nSPS) is 26.2. The lowest BCUT2D eigenvalue weighted by Crippen LogP contribution is -2.59. The van der Waals surface area contributed by atoms with Crippen LogP contribution in [0.1, 0.15) is 12.5 Å². The van der Waals surface area contributed by atoms with E-state index in [-0.39, 0.29) is 29.0 Å². The van der Waals surface area contributed by atoms with Crippen LogP contribution in [-0.2, 0) is 9.59 Å². The van der Waals surface area contributed by atoms with Gasteiger partial charge in [-0.2, -0.15) is 0 Å². The van der Waals surface area contributed by atoms with Crippen LogP contribution in [0.25, 0.3) is 6.08 Å². The molecule has 0 aromatic heterocycles. The number of aliphatic hydroxyl groups is 1. The molecule has 2 N–H and O–H groups in total. The summed E-state index contributed by atoms with van der Waals surface area (Å²) in [6.07, 6.45) is 0.596. The molecule has 2 heterocycles. The summed E-state index contributed by atoms with van der Waals surface area (Å²) in [4.78, 5) is 40.1. The molecule has 1 amide bonds. The summed E-state index contributed by atoms with van der Waals surface area (Å²) in [6.45, 7) is 1.54. The molecule has 25 heavy (non-hydrogen) atoms. The Bertz CT molecular complexity index is 832. The van der Waals surface area contributed by atoms with Crippen LogP contribution in [0.4, 0.5) is 5.69 Å². The Morgan fingerprint density at radius 3 is 2.84 bits per heavy atom. The van der Waals surface area contributed by atoms with E-state index >= 15 is 0 Å². The number of ketones is 1. The van der Waals surface area contributed by atoms with Crippen LogP contribution >= 0.6 is 0 Å². The molecule has 2 aliphatic rings. The predicted molar refractivity (Wildman–Crippen MR) is 88.8 cm³/mol. The van der Waals surface area contributed by atoms with Gasteiger partial charge in [-0.1, -0.05) is 12.1 Å². The van der Waals surface area contributed by atoms with Gasteiger partial charge < -0.3 is 15.3 Å². The van der Waals surface area contributed by atoms with Crippen LogP contribution in [-0.4, -0.2) is 51.7 Å². The van der Waals surface area contributed by atoms with Crippen molar-refractivity contribution < 1.29 is 19.6 Å². The minimum Gasteiger partial charge on any atom is -0.504 e. The van der Waals surface area contributed by atoms with E-state index < -0.39 is 23.0 Å². The Balaban J connectivity index is 1.88. The number of piperidine rings is 1. The number of carbonyl (C=O) groups excluding carboxylic acids is 2. The molecule has 0 aliphatic carbocycles. The molecule has 1 aromatic carbocycles. The van der Waals surface area contributed by atoms with Gasteiger partial charge in [0.2, 0.25) is 5.91 Å². The smallest absolute Gasteiger partial charge is 0.270 e. The number of likely N-dealkylation sites (tertiary alicyclic amines) is 1. The van der Waals surface area contributed by atoms with Gasteiger partial charge in [0.1, 0.15) is 6.04 Å². The third-order valence-corrected chi connectivity index (χ3v) is 4.33. The minimum absolute atomic E-state index is 0.0728. The number of amides is 1. The Hall–Kier alpha value is -3.23. The van der Waals surface area contributed by atoms with E-state index in [0.717, 1.165) is 0 Å². The number of fused-ring (bicyclic) bond motifs is 1. The lowest BCUT2D eigenvalue weighted by atomic mass is 9.92. The number of nitrogens with zero attached hydrogens (tertiary/aromatic N) is 3. The Labute approximate surface area is 142 Å². The molecular weight excluding hydrogens is 328 g/mol. The number of amidine groups is 1. The summed E-state index contributed by atoms with van der Waals surface area (Å²) < 4.78 is 0. The van der Waals surface area contributed by atoms with Gasteiger partial charge in [0, 0.05) is 19.2 Å². The number of nitrogens with one attached hydrogen (secondary N) is 1. The van der Waals surface area contributed by atoms with E-state index in [2.05, 4.69) is 10.3 Å². The van der Waals surface area contributed by atoms with E-state index in [4.69, 9.17) is 0 Å². The van der Waals surface area contributed by atoms with Crippen molar-refractivity contribution in [2.75, 3.05) is 7.05 Å². The van der Waals surface area contributed by atoms with E-state index in [9.17, 15) is 24.8 Å². The fourth-order valence-electron chi connectivity index (χ4n) is 2.92. The zero-order valence-electron chi connectivity index (χ0n) is 13.5. The zero-order valence-corrected chi connectivity index (χ0v) is 13.5. The molecule has 9 heteroatoms. The third-order valence-electron chi connectivity index (χ3n) is 4.33. The minimum atomic E-state index is -0.767. The molecule has 0 spiro atoms. The van der Waals surface area contributed by atoms with Crippen molar-refractivity contribution in [2.24, 2.45) is 10.9 Å². The van der Waals surface area contributed by atoms with Gasteiger partial charge in [-0.3, -0.25) is 19.7 Å². The molecule has 3 rings (SSSR count). The molecule has 1 aromatic rings. The number of rotatable bonds is 3. The first-order valence-corrected chi connectivity index (χ1v) is 7.60. The van der Waals surface area contributed by atoms with Gasteiger partial charge in [-0.15, -0.1) is 0 Å². The summed E-state index contributed by atoms with van der Waals surface area (Å²) in [6, 6.07) is 5.03. The molecule has 0 bridgehead atoms. The maximum atomic E-state index is 12.2. The van der Waals surface area contributed by atoms with Gasteiger partial charge in [0.25, 0.3) is 5.69 Å². The molecule has 1 saturated heterocycles. The highest BCUT2D eigenvalue weighted by molar-refractivity contribution is 6.11. The molecule has 1 fully saturated rings. The number of aliphatic hydroxyl groups excluding tert-OH is 1. The number of carbonyl (C=O) groups is 2. The molecule has 3 unspecified atom stereocenters. The van der Waals surface area contributed by atoms with E-state index in [1.54, 1.807) is 13.1 Å². The first kappa shape index (κ1) is 16.6. The van der Waals surface area contributed by atoms with Gasteiger partial charge in [-0.25, -0.2) is 4.99 Å². The molecule has 9 nitrogen and oxygen atoms in total. The largest absolute Gasteiger partial charge is 0.504 e. The fourth-order valence-corrected chi connectivity index (χ4v) is 2.92. The van der Waals surface area contributed by atoms with Crippen LogP contribution in [0.15, 0.2) is 35.0 Å². The number of hydrogen-bond donors (Lipinski definition) is 2. The van der Waals surface area contributed by atoms with Gasteiger partial charge in [-0.05, 0) is 18.6 Å². The number of aliphatic imine (C=N–C) groups is 1. The maximum absolute atomic E-state index is 12.2. The fraction of sp³-hybridized carbons (Fsp3) is 0.312. The van der Waals surface area contributed by atoms with E-state index in [0.29, 0.717) is 5.56 Å². The summed E-state index contributed by atoms with van der Waals surface area (Å²) >= 11 is 0.